The van der Waals surface area contributed by atoms with Crippen LogP contribution in [0.25, 0.3) is 0 Å². The number of hydrogen-bond donors (Lipinski definition) is 2. The number of rotatable bonds is 18. The van der Waals surface area contributed by atoms with E-state index in [0.717, 1.165) is 64.2 Å². The van der Waals surface area contributed by atoms with Crippen LogP contribution in [0.4, 0.5) is 0 Å². The van der Waals surface area contributed by atoms with Crippen molar-refractivity contribution in [2.75, 3.05) is 13.2 Å². The van der Waals surface area contributed by atoms with Crippen molar-refractivity contribution in [3.63, 3.8) is 0 Å². The maximum absolute atomic E-state index is 9.06. The molecule has 1 aromatic carbocycles. The molecule has 1 rings (SSSR count). The summed E-state index contributed by atoms with van der Waals surface area (Å²) < 4.78 is 0. The molecule has 28 heavy (non-hydrogen) atoms. The van der Waals surface area contributed by atoms with E-state index in [9.17, 15) is 0 Å². The van der Waals surface area contributed by atoms with Gasteiger partial charge in [-0.3, -0.25) is 0 Å². The van der Waals surface area contributed by atoms with Crippen LogP contribution in [0, 0.1) is 13.8 Å². The zero-order chi connectivity index (χ0) is 20.5. The van der Waals surface area contributed by atoms with Gasteiger partial charge in [-0.2, -0.15) is 0 Å². The summed E-state index contributed by atoms with van der Waals surface area (Å²) >= 11 is 0. The third kappa shape index (κ3) is 10.6. The Morgan fingerprint density at radius 2 is 0.786 bits per heavy atom. The van der Waals surface area contributed by atoms with E-state index in [0.29, 0.717) is 13.2 Å². The number of benzene rings is 1. The summed E-state index contributed by atoms with van der Waals surface area (Å²) in [6.07, 6.45) is 17.8. The summed E-state index contributed by atoms with van der Waals surface area (Å²) in [7, 11) is 0. The highest BCUT2D eigenvalue weighted by molar-refractivity contribution is 5.39. The van der Waals surface area contributed by atoms with Crippen LogP contribution in [0.15, 0.2) is 12.1 Å². The van der Waals surface area contributed by atoms with Gasteiger partial charge in [0.15, 0.2) is 0 Å². The normalized spacial score (nSPS) is 11.3. The first kappa shape index (κ1) is 25.2. The second kappa shape index (κ2) is 17.0. The molecule has 0 fully saturated rings. The Kier molecular flexibility index (Phi) is 15.3. The maximum atomic E-state index is 9.06. The Hall–Kier alpha value is -0.860. The highest BCUT2D eigenvalue weighted by atomic mass is 16.3. The van der Waals surface area contributed by atoms with E-state index < -0.39 is 0 Å². The van der Waals surface area contributed by atoms with Gasteiger partial charge >= 0.3 is 0 Å². The van der Waals surface area contributed by atoms with Crippen molar-refractivity contribution in [3.8, 4) is 0 Å². The van der Waals surface area contributed by atoms with Crippen molar-refractivity contribution in [1.29, 1.82) is 0 Å². The van der Waals surface area contributed by atoms with Crippen molar-refractivity contribution in [2.24, 2.45) is 0 Å². The zero-order valence-corrected chi connectivity index (χ0v) is 18.2. The fraction of sp³-hybridized carbons (Fsp3) is 0.692. The number of aliphatic hydroxyl groups excluding tert-OH is 2. The summed E-state index contributed by atoms with van der Waals surface area (Å²) in [5, 5.41) is 18.1. The maximum Gasteiger partial charge on any atom is 0.0431 e. The number of hydrogen-bond acceptors (Lipinski definition) is 2. The van der Waals surface area contributed by atoms with Crippen molar-refractivity contribution >= 4 is 0 Å². The highest BCUT2D eigenvalue weighted by Gasteiger charge is 2.10. The van der Waals surface area contributed by atoms with E-state index >= 15 is 0 Å². The van der Waals surface area contributed by atoms with E-state index in [1.165, 1.54) is 49.7 Å². The van der Waals surface area contributed by atoms with Crippen LogP contribution in [-0.4, -0.2) is 23.4 Å². The van der Waals surface area contributed by atoms with Crippen LogP contribution < -0.4 is 0 Å². The minimum absolute atomic E-state index is 0.301. The minimum atomic E-state index is 0.301. The summed E-state index contributed by atoms with van der Waals surface area (Å²) in [5.74, 6) is 0. The van der Waals surface area contributed by atoms with Gasteiger partial charge in [0.05, 0.1) is 0 Å². The quantitative estimate of drug-likeness (QED) is 0.294. The van der Waals surface area contributed by atoms with Crippen molar-refractivity contribution < 1.29 is 10.2 Å². The van der Waals surface area contributed by atoms with Crippen LogP contribution >= 0.6 is 0 Å². The first-order chi connectivity index (χ1) is 13.8. The van der Waals surface area contributed by atoms with E-state index in [2.05, 4.69) is 26.0 Å². The van der Waals surface area contributed by atoms with Crippen LogP contribution in [0.1, 0.15) is 99.3 Å². The smallest absolute Gasteiger partial charge is 0.0431 e. The second-order valence-electron chi connectivity index (χ2n) is 8.08. The van der Waals surface area contributed by atoms with Gasteiger partial charge in [0.2, 0.25) is 0 Å². The van der Waals surface area contributed by atoms with Gasteiger partial charge in [-0.15, -0.1) is 0 Å². The standard InChI is InChI=1S/C26H44O2/c1-3-5-9-15-23-21-25(17-11-7-13-19-27)26(18-12-8-14-20-28)22-24(23)16-10-6-4-2/h21-22,27-28H,1-20H2. The number of aliphatic hydroxyl groups is 2. The molecule has 0 amide bonds. The summed E-state index contributed by atoms with van der Waals surface area (Å²) in [5.41, 5.74) is 6.14. The Bertz CT molecular complexity index is 450. The van der Waals surface area contributed by atoms with Crippen LogP contribution in [-0.2, 0) is 25.7 Å². The molecule has 0 spiro atoms. The Balaban J connectivity index is 2.94. The zero-order valence-electron chi connectivity index (χ0n) is 18.2. The van der Waals surface area contributed by atoms with Gasteiger partial charge < -0.3 is 10.2 Å². The van der Waals surface area contributed by atoms with Crippen molar-refractivity contribution in [1.82, 2.24) is 0 Å². The number of aryl methyl sites for hydroxylation is 4. The fourth-order valence-electron chi connectivity index (χ4n) is 3.91. The van der Waals surface area contributed by atoms with Gasteiger partial charge in [-0.05, 0) is 86.5 Å². The van der Waals surface area contributed by atoms with Gasteiger partial charge in [0.1, 0.15) is 0 Å². The first-order valence-electron chi connectivity index (χ1n) is 11.7. The van der Waals surface area contributed by atoms with E-state index in [-0.39, 0.29) is 0 Å². The lowest BCUT2D eigenvalue weighted by Gasteiger charge is -2.17. The molecule has 1 aromatic rings. The summed E-state index contributed by atoms with van der Waals surface area (Å²) in [6, 6.07) is 5.01. The molecule has 0 aliphatic heterocycles. The topological polar surface area (TPSA) is 40.5 Å². The molecule has 0 aliphatic carbocycles. The average molecular weight is 389 g/mol. The molecule has 2 nitrogen and oxygen atoms in total. The Labute approximate surface area is 174 Å². The Morgan fingerprint density at radius 3 is 1.07 bits per heavy atom. The SMILES string of the molecule is [CH2]CCCCc1cc(CCCCCO)c(CCCCCO)cc1CCCC[CH2]. The average Bonchev–Trinajstić information content (AvgIpc) is 2.70. The molecular formula is C26H44O2. The fourth-order valence-corrected chi connectivity index (χ4v) is 3.91. The monoisotopic (exact) mass is 388 g/mol. The molecule has 0 bridgehead atoms. The third-order valence-corrected chi connectivity index (χ3v) is 5.62. The van der Waals surface area contributed by atoms with Crippen LogP contribution in [0.2, 0.25) is 0 Å². The van der Waals surface area contributed by atoms with Gasteiger partial charge in [-0.1, -0.05) is 64.5 Å². The highest BCUT2D eigenvalue weighted by Crippen LogP contribution is 2.25. The lowest BCUT2D eigenvalue weighted by molar-refractivity contribution is 0.282. The predicted molar refractivity (Wildman–Crippen MR) is 122 cm³/mol. The number of unbranched alkanes of at least 4 members (excludes halogenated alkanes) is 8. The molecule has 0 aliphatic rings. The summed E-state index contributed by atoms with van der Waals surface area (Å²) in [4.78, 5) is 0. The largest absolute Gasteiger partial charge is 0.396 e. The van der Waals surface area contributed by atoms with E-state index in [1.807, 2.05) is 0 Å². The second-order valence-corrected chi connectivity index (χ2v) is 8.08. The molecule has 160 valence electrons. The molecule has 0 unspecified atom stereocenters. The summed E-state index contributed by atoms with van der Waals surface area (Å²) in [6.45, 7) is 8.59. The molecule has 2 radical (unpaired) electrons. The Morgan fingerprint density at radius 1 is 0.464 bits per heavy atom. The van der Waals surface area contributed by atoms with Gasteiger partial charge in [-0.25, -0.2) is 0 Å². The lowest BCUT2D eigenvalue weighted by Crippen LogP contribution is -2.04. The molecular weight excluding hydrogens is 344 g/mol. The van der Waals surface area contributed by atoms with Gasteiger partial charge in [0, 0.05) is 13.2 Å². The first-order valence-corrected chi connectivity index (χ1v) is 11.7. The van der Waals surface area contributed by atoms with Crippen LogP contribution in [0.3, 0.4) is 0 Å². The molecule has 0 saturated carbocycles. The molecule has 0 atom stereocenters. The molecule has 0 heterocycles. The van der Waals surface area contributed by atoms with Crippen molar-refractivity contribution in [2.45, 2.75) is 103 Å². The molecule has 0 aromatic heterocycles. The van der Waals surface area contributed by atoms with Crippen LogP contribution in [0.5, 0.6) is 0 Å². The molecule has 0 saturated heterocycles. The molecule has 2 heteroatoms. The van der Waals surface area contributed by atoms with E-state index in [1.54, 1.807) is 11.1 Å². The van der Waals surface area contributed by atoms with Gasteiger partial charge in [0.25, 0.3) is 0 Å². The van der Waals surface area contributed by atoms with E-state index in [4.69, 9.17) is 10.2 Å². The lowest BCUT2D eigenvalue weighted by atomic mass is 9.88. The predicted octanol–water partition coefficient (Wildman–Crippen LogP) is 6.19. The minimum Gasteiger partial charge on any atom is -0.396 e. The third-order valence-electron chi connectivity index (χ3n) is 5.62. The van der Waals surface area contributed by atoms with Crippen molar-refractivity contribution in [3.05, 3.63) is 48.2 Å². The molecule has 2 N–H and O–H groups in total.